The zero-order chi connectivity index (χ0) is 18.4. The summed E-state index contributed by atoms with van der Waals surface area (Å²) < 4.78 is 50.1. The van der Waals surface area contributed by atoms with Gasteiger partial charge in [0.25, 0.3) is 0 Å². The van der Waals surface area contributed by atoms with Crippen molar-refractivity contribution < 1.29 is 32.2 Å². The highest BCUT2D eigenvalue weighted by Gasteiger charge is 2.48. The number of hydrogen-bond acceptors (Lipinski definition) is 5. The first-order chi connectivity index (χ1) is 11.8. The van der Waals surface area contributed by atoms with Gasteiger partial charge in [-0.25, -0.2) is 4.79 Å². The fourth-order valence-corrected chi connectivity index (χ4v) is 3.29. The molecule has 0 aromatic heterocycles. The number of rotatable bonds is 2. The van der Waals surface area contributed by atoms with Crippen molar-refractivity contribution in [3.63, 3.8) is 0 Å². The van der Waals surface area contributed by atoms with E-state index in [9.17, 15) is 22.8 Å². The highest BCUT2D eigenvalue weighted by atomic mass is 19.4. The fraction of sp³-hybridized carbons (Fsp3) is 0.353. The number of halogens is 3. The van der Waals surface area contributed by atoms with Gasteiger partial charge in [0.1, 0.15) is 12.5 Å². The molecule has 2 heterocycles. The predicted molar refractivity (Wildman–Crippen MR) is 80.8 cm³/mol. The third kappa shape index (κ3) is 2.81. The summed E-state index contributed by atoms with van der Waals surface area (Å²) in [7, 11) is 1.14. The summed E-state index contributed by atoms with van der Waals surface area (Å²) in [5.41, 5.74) is -0.561. The summed E-state index contributed by atoms with van der Waals surface area (Å²) in [5, 5.41) is 0. The van der Waals surface area contributed by atoms with Gasteiger partial charge in [0.15, 0.2) is 0 Å². The van der Waals surface area contributed by atoms with Crippen molar-refractivity contribution in [2.45, 2.75) is 19.0 Å². The van der Waals surface area contributed by atoms with Crippen LogP contribution in [0.15, 0.2) is 40.5 Å². The number of benzene rings is 1. The number of methoxy groups -OCH3 is 1. The molecule has 3 rings (SSSR count). The van der Waals surface area contributed by atoms with Gasteiger partial charge in [-0.15, -0.1) is 0 Å². The van der Waals surface area contributed by atoms with E-state index in [-0.39, 0.29) is 29.2 Å². The number of ether oxygens (including phenoxy) is 2. The van der Waals surface area contributed by atoms with E-state index in [1.54, 1.807) is 0 Å². The normalized spacial score (nSPS) is 23.1. The smallest absolute Gasteiger partial charge is 0.416 e. The van der Waals surface area contributed by atoms with Crippen molar-refractivity contribution in [2.75, 3.05) is 13.7 Å². The summed E-state index contributed by atoms with van der Waals surface area (Å²) in [6, 6.07) is 4.87. The molecule has 0 radical (unpaired) electrons. The van der Waals surface area contributed by atoms with Crippen LogP contribution in [0.4, 0.5) is 13.2 Å². The maximum absolute atomic E-state index is 13.5. The Hall–Kier alpha value is -2.64. The van der Waals surface area contributed by atoms with E-state index in [0.29, 0.717) is 0 Å². The first-order valence-corrected chi connectivity index (χ1v) is 7.45. The standard InChI is InChI=1S/C17H14F3NO4/c1-8-12(15(22)24-2)13(14-11(21-8)7-25-16(14)23)9-5-3-4-6-10(9)17(18,19)20/h3-6,12-13H,7H2,1-2H3. The molecule has 0 saturated carbocycles. The summed E-state index contributed by atoms with van der Waals surface area (Å²) >= 11 is 0. The van der Waals surface area contributed by atoms with Crippen LogP contribution in [0.5, 0.6) is 0 Å². The Labute approximate surface area is 141 Å². The zero-order valence-electron chi connectivity index (χ0n) is 13.4. The maximum Gasteiger partial charge on any atom is 0.416 e. The number of hydrogen-bond donors (Lipinski definition) is 0. The quantitative estimate of drug-likeness (QED) is 0.767. The Balaban J connectivity index is 2.25. The van der Waals surface area contributed by atoms with E-state index in [2.05, 4.69) is 4.99 Å². The van der Waals surface area contributed by atoms with Crippen LogP contribution in [-0.2, 0) is 25.2 Å². The lowest BCUT2D eigenvalue weighted by molar-refractivity contribution is -0.145. The monoisotopic (exact) mass is 353 g/mol. The maximum atomic E-state index is 13.5. The van der Waals surface area contributed by atoms with Gasteiger partial charge in [-0.1, -0.05) is 18.2 Å². The highest BCUT2D eigenvalue weighted by molar-refractivity contribution is 6.07. The van der Waals surface area contributed by atoms with E-state index < -0.39 is 35.5 Å². The van der Waals surface area contributed by atoms with Crippen LogP contribution >= 0.6 is 0 Å². The number of carbonyl (C=O) groups is 2. The van der Waals surface area contributed by atoms with Crippen molar-refractivity contribution in [2.24, 2.45) is 10.9 Å². The lowest BCUT2D eigenvalue weighted by atomic mass is 9.74. The highest BCUT2D eigenvalue weighted by Crippen LogP contribution is 2.46. The van der Waals surface area contributed by atoms with Crippen LogP contribution in [0.25, 0.3) is 0 Å². The molecule has 5 nitrogen and oxygen atoms in total. The Morgan fingerprint density at radius 3 is 2.64 bits per heavy atom. The molecular weight excluding hydrogens is 339 g/mol. The van der Waals surface area contributed by atoms with Gasteiger partial charge in [0.05, 0.1) is 23.9 Å². The van der Waals surface area contributed by atoms with E-state index >= 15 is 0 Å². The number of esters is 2. The SMILES string of the molecule is COC(=O)C1C(C)=NC2=C(C(=O)OC2)C1c1ccccc1C(F)(F)F. The molecule has 1 aromatic rings. The molecule has 8 heteroatoms. The summed E-state index contributed by atoms with van der Waals surface area (Å²) in [5.74, 6) is -3.80. The minimum Gasteiger partial charge on any atom is -0.468 e. The summed E-state index contributed by atoms with van der Waals surface area (Å²) in [6.45, 7) is 1.40. The average Bonchev–Trinajstić information content (AvgIpc) is 2.93. The third-order valence-corrected chi connectivity index (χ3v) is 4.33. The molecule has 2 aliphatic rings. The number of aliphatic imine (C=N–C) groups is 1. The average molecular weight is 353 g/mol. The summed E-state index contributed by atoms with van der Waals surface area (Å²) in [6.07, 6.45) is -4.64. The molecular formula is C17H14F3NO4. The van der Waals surface area contributed by atoms with Crippen LogP contribution in [0.1, 0.15) is 24.0 Å². The van der Waals surface area contributed by atoms with Crippen molar-refractivity contribution in [3.05, 3.63) is 46.7 Å². The largest absolute Gasteiger partial charge is 0.468 e. The molecule has 0 saturated heterocycles. The second-order valence-corrected chi connectivity index (χ2v) is 5.75. The third-order valence-electron chi connectivity index (χ3n) is 4.33. The van der Waals surface area contributed by atoms with Crippen LogP contribution < -0.4 is 0 Å². The van der Waals surface area contributed by atoms with Crippen molar-refractivity contribution in [3.8, 4) is 0 Å². The molecule has 132 valence electrons. The first kappa shape index (κ1) is 17.2. The predicted octanol–water partition coefficient (Wildman–Crippen LogP) is 2.86. The lowest BCUT2D eigenvalue weighted by Crippen LogP contribution is -2.35. The second kappa shape index (κ2) is 6.02. The van der Waals surface area contributed by atoms with Crippen LogP contribution in [0, 0.1) is 5.92 Å². The van der Waals surface area contributed by atoms with Crippen molar-refractivity contribution in [1.82, 2.24) is 0 Å². The molecule has 0 fully saturated rings. The van der Waals surface area contributed by atoms with Gasteiger partial charge in [-0.2, -0.15) is 13.2 Å². The van der Waals surface area contributed by atoms with Gasteiger partial charge in [0.2, 0.25) is 0 Å². The molecule has 2 unspecified atom stereocenters. The Bertz CT molecular complexity index is 810. The van der Waals surface area contributed by atoms with E-state index in [0.717, 1.165) is 13.2 Å². The zero-order valence-corrected chi connectivity index (χ0v) is 13.4. The van der Waals surface area contributed by atoms with E-state index in [1.165, 1.54) is 25.1 Å². The topological polar surface area (TPSA) is 65.0 Å². The Morgan fingerprint density at radius 2 is 2.00 bits per heavy atom. The molecule has 0 N–H and O–H groups in total. The number of carbonyl (C=O) groups excluding carboxylic acids is 2. The van der Waals surface area contributed by atoms with Crippen LogP contribution in [-0.4, -0.2) is 31.4 Å². The van der Waals surface area contributed by atoms with Crippen molar-refractivity contribution in [1.29, 1.82) is 0 Å². The number of nitrogens with zero attached hydrogens (tertiary/aromatic N) is 1. The molecule has 0 bridgehead atoms. The molecule has 2 atom stereocenters. The van der Waals surface area contributed by atoms with Gasteiger partial charge in [-0.05, 0) is 18.6 Å². The lowest BCUT2D eigenvalue weighted by Gasteiger charge is -2.30. The number of cyclic esters (lactones) is 1. The van der Waals surface area contributed by atoms with Gasteiger partial charge in [0, 0.05) is 11.6 Å². The van der Waals surface area contributed by atoms with Gasteiger partial charge in [-0.3, -0.25) is 9.79 Å². The summed E-state index contributed by atoms with van der Waals surface area (Å²) in [4.78, 5) is 28.6. The minimum atomic E-state index is -4.64. The molecule has 25 heavy (non-hydrogen) atoms. The molecule has 0 spiro atoms. The van der Waals surface area contributed by atoms with Crippen LogP contribution in [0.3, 0.4) is 0 Å². The number of alkyl halides is 3. The molecule has 0 amide bonds. The molecule has 1 aromatic carbocycles. The van der Waals surface area contributed by atoms with Gasteiger partial charge < -0.3 is 9.47 Å². The second-order valence-electron chi connectivity index (χ2n) is 5.75. The van der Waals surface area contributed by atoms with Crippen molar-refractivity contribution >= 4 is 17.7 Å². The van der Waals surface area contributed by atoms with E-state index in [1.807, 2.05) is 0 Å². The minimum absolute atomic E-state index is 0.0160. The van der Waals surface area contributed by atoms with Crippen LogP contribution in [0.2, 0.25) is 0 Å². The molecule has 0 aliphatic carbocycles. The fourth-order valence-electron chi connectivity index (χ4n) is 3.29. The Kier molecular flexibility index (Phi) is 4.14. The molecule has 2 aliphatic heterocycles. The van der Waals surface area contributed by atoms with E-state index in [4.69, 9.17) is 9.47 Å². The Morgan fingerprint density at radius 1 is 1.32 bits per heavy atom. The van der Waals surface area contributed by atoms with Gasteiger partial charge >= 0.3 is 18.1 Å². The first-order valence-electron chi connectivity index (χ1n) is 7.45.